The highest BCUT2D eigenvalue weighted by Gasteiger charge is 2.16. The number of thioether (sulfide) groups is 1. The van der Waals surface area contributed by atoms with Crippen molar-refractivity contribution in [1.29, 1.82) is 0 Å². The van der Waals surface area contributed by atoms with Gasteiger partial charge in [-0.15, -0.1) is 11.8 Å². The second kappa shape index (κ2) is 4.07. The topological polar surface area (TPSA) is 17.1 Å². The smallest absolute Gasteiger partial charge is 0.255 e. The number of rotatable bonds is 2. The predicted molar refractivity (Wildman–Crippen MR) is 48.3 cm³/mol. The fourth-order valence-electron chi connectivity index (χ4n) is 0.871. The summed E-state index contributed by atoms with van der Waals surface area (Å²) in [5.41, 5.74) is -0.299. The van der Waals surface area contributed by atoms with Crippen LogP contribution >= 0.6 is 23.4 Å². The second-order valence-electron chi connectivity index (χ2n) is 2.22. The summed E-state index contributed by atoms with van der Waals surface area (Å²) in [5, 5.41) is -0.923. The molecule has 0 atom stereocenters. The fourth-order valence-corrected chi connectivity index (χ4v) is 1.57. The standard InChI is InChI=1S/C8H5ClF2OS/c1-13-7-5(10)3-2-4(6(7)11)8(9)12/h2-3H,1H3. The van der Waals surface area contributed by atoms with Gasteiger partial charge in [0.2, 0.25) is 0 Å². The van der Waals surface area contributed by atoms with Gasteiger partial charge in [-0.3, -0.25) is 4.79 Å². The normalized spacial score (nSPS) is 10.2. The van der Waals surface area contributed by atoms with Crippen molar-refractivity contribution >= 4 is 28.6 Å². The summed E-state index contributed by atoms with van der Waals surface area (Å²) in [6, 6.07) is 2.05. The molecule has 0 bridgehead atoms. The first-order valence-electron chi connectivity index (χ1n) is 3.29. The lowest BCUT2D eigenvalue weighted by molar-refractivity contribution is 0.107. The van der Waals surface area contributed by atoms with E-state index in [0.717, 1.165) is 23.9 Å². The predicted octanol–water partition coefficient (Wildman–Crippen LogP) is 3.07. The monoisotopic (exact) mass is 222 g/mol. The molecule has 0 fully saturated rings. The lowest BCUT2D eigenvalue weighted by Crippen LogP contribution is -1.98. The highest BCUT2D eigenvalue weighted by atomic mass is 35.5. The fraction of sp³-hybridized carbons (Fsp3) is 0.125. The van der Waals surface area contributed by atoms with E-state index in [-0.39, 0.29) is 10.5 Å². The Kier molecular flexibility index (Phi) is 3.27. The van der Waals surface area contributed by atoms with Crippen molar-refractivity contribution in [1.82, 2.24) is 0 Å². The van der Waals surface area contributed by atoms with E-state index in [4.69, 9.17) is 11.6 Å². The van der Waals surface area contributed by atoms with Crippen LogP contribution in [0.3, 0.4) is 0 Å². The zero-order valence-corrected chi connectivity index (χ0v) is 8.18. The molecule has 0 N–H and O–H groups in total. The van der Waals surface area contributed by atoms with Gasteiger partial charge in [-0.1, -0.05) is 0 Å². The summed E-state index contributed by atoms with van der Waals surface area (Å²) in [5.74, 6) is -1.58. The summed E-state index contributed by atoms with van der Waals surface area (Å²) in [6.07, 6.45) is 1.52. The molecule has 70 valence electrons. The first kappa shape index (κ1) is 10.5. The molecule has 5 heteroatoms. The van der Waals surface area contributed by atoms with Crippen LogP contribution in [-0.2, 0) is 0 Å². The maximum Gasteiger partial charge on any atom is 0.255 e. The molecule has 0 amide bonds. The van der Waals surface area contributed by atoms with Crippen molar-refractivity contribution in [3.05, 3.63) is 29.3 Å². The molecule has 13 heavy (non-hydrogen) atoms. The third kappa shape index (κ3) is 2.00. The van der Waals surface area contributed by atoms with Crippen LogP contribution in [0.25, 0.3) is 0 Å². The van der Waals surface area contributed by atoms with Gasteiger partial charge < -0.3 is 0 Å². The molecule has 0 radical (unpaired) electrons. The Morgan fingerprint density at radius 2 is 2.08 bits per heavy atom. The minimum absolute atomic E-state index is 0.188. The van der Waals surface area contributed by atoms with Crippen LogP contribution in [0.4, 0.5) is 8.78 Å². The summed E-state index contributed by atoms with van der Waals surface area (Å²) >= 11 is 5.97. The molecule has 0 aliphatic carbocycles. The van der Waals surface area contributed by atoms with Gasteiger partial charge in [-0.05, 0) is 30.0 Å². The van der Waals surface area contributed by atoms with Crippen LogP contribution in [0.1, 0.15) is 10.4 Å². The maximum atomic E-state index is 13.2. The molecule has 0 saturated heterocycles. The number of hydrogen-bond donors (Lipinski definition) is 0. The van der Waals surface area contributed by atoms with Gasteiger partial charge >= 0.3 is 0 Å². The van der Waals surface area contributed by atoms with Crippen molar-refractivity contribution in [2.24, 2.45) is 0 Å². The molecule has 1 rings (SSSR count). The van der Waals surface area contributed by atoms with Crippen LogP contribution < -0.4 is 0 Å². The van der Waals surface area contributed by atoms with E-state index in [2.05, 4.69) is 0 Å². The van der Waals surface area contributed by atoms with Crippen molar-refractivity contribution in [2.45, 2.75) is 4.90 Å². The number of hydrogen-bond acceptors (Lipinski definition) is 2. The van der Waals surface area contributed by atoms with Crippen molar-refractivity contribution in [3.63, 3.8) is 0 Å². The SMILES string of the molecule is CSc1c(F)ccc(C(=O)Cl)c1F. The van der Waals surface area contributed by atoms with Crippen LogP contribution in [0.2, 0.25) is 0 Å². The van der Waals surface area contributed by atoms with E-state index >= 15 is 0 Å². The van der Waals surface area contributed by atoms with Crippen molar-refractivity contribution in [2.75, 3.05) is 6.26 Å². The maximum absolute atomic E-state index is 13.2. The van der Waals surface area contributed by atoms with E-state index in [0.29, 0.717) is 0 Å². The molecule has 0 aromatic heterocycles. The molecule has 0 saturated carbocycles. The Morgan fingerprint density at radius 1 is 1.46 bits per heavy atom. The van der Waals surface area contributed by atoms with Crippen molar-refractivity contribution in [3.8, 4) is 0 Å². The molecular formula is C8H5ClF2OS. The lowest BCUT2D eigenvalue weighted by Gasteiger charge is -2.03. The summed E-state index contributed by atoms with van der Waals surface area (Å²) in [4.78, 5) is 10.5. The second-order valence-corrected chi connectivity index (χ2v) is 3.38. The molecule has 1 aromatic rings. The molecule has 1 aromatic carbocycles. The Morgan fingerprint density at radius 3 is 2.54 bits per heavy atom. The minimum Gasteiger partial charge on any atom is -0.275 e. The Balaban J connectivity index is 3.35. The average molecular weight is 223 g/mol. The highest BCUT2D eigenvalue weighted by Crippen LogP contribution is 2.26. The Labute approximate surface area is 83.1 Å². The Bertz CT molecular complexity index is 354. The molecule has 0 heterocycles. The van der Waals surface area contributed by atoms with Gasteiger partial charge in [0.15, 0.2) is 5.82 Å². The van der Waals surface area contributed by atoms with Crippen molar-refractivity contribution < 1.29 is 13.6 Å². The lowest BCUT2D eigenvalue weighted by atomic mass is 10.2. The first-order chi connectivity index (χ1) is 6.07. The van der Waals surface area contributed by atoms with Gasteiger partial charge in [-0.2, -0.15) is 0 Å². The average Bonchev–Trinajstić information content (AvgIpc) is 2.04. The quantitative estimate of drug-likeness (QED) is 0.565. The van der Waals surface area contributed by atoms with Crippen LogP contribution in [-0.4, -0.2) is 11.5 Å². The number of halogens is 3. The van der Waals surface area contributed by atoms with Crippen LogP contribution in [0, 0.1) is 11.6 Å². The molecular weight excluding hydrogens is 218 g/mol. The van der Waals surface area contributed by atoms with E-state index in [1.165, 1.54) is 6.26 Å². The van der Waals surface area contributed by atoms with Gasteiger partial charge in [0.25, 0.3) is 5.24 Å². The summed E-state index contributed by atoms with van der Waals surface area (Å²) in [6.45, 7) is 0. The van der Waals surface area contributed by atoms with E-state index in [1.54, 1.807) is 0 Å². The third-order valence-corrected chi connectivity index (χ3v) is 2.45. The number of carbonyl (C=O) groups is 1. The molecule has 0 spiro atoms. The van der Waals surface area contributed by atoms with Gasteiger partial charge in [0.1, 0.15) is 5.82 Å². The Hall–Kier alpha value is -0.610. The zero-order valence-electron chi connectivity index (χ0n) is 6.61. The van der Waals surface area contributed by atoms with Crippen LogP contribution in [0.5, 0.6) is 0 Å². The minimum atomic E-state index is -0.923. The van der Waals surface area contributed by atoms with E-state index in [9.17, 15) is 13.6 Å². The van der Waals surface area contributed by atoms with E-state index < -0.39 is 16.9 Å². The van der Waals surface area contributed by atoms with Crippen LogP contribution in [0.15, 0.2) is 17.0 Å². The molecule has 1 nitrogen and oxygen atoms in total. The first-order valence-corrected chi connectivity index (χ1v) is 4.90. The van der Waals surface area contributed by atoms with E-state index in [1.807, 2.05) is 0 Å². The zero-order chi connectivity index (χ0) is 10.0. The van der Waals surface area contributed by atoms with Gasteiger partial charge in [0.05, 0.1) is 10.5 Å². The number of carbonyl (C=O) groups excluding carboxylic acids is 1. The summed E-state index contributed by atoms with van der Waals surface area (Å²) < 4.78 is 26.1. The summed E-state index contributed by atoms with van der Waals surface area (Å²) in [7, 11) is 0. The van der Waals surface area contributed by atoms with Gasteiger partial charge in [-0.25, -0.2) is 8.78 Å². The molecule has 0 aliphatic rings. The molecule has 0 aliphatic heterocycles. The highest BCUT2D eigenvalue weighted by molar-refractivity contribution is 7.98. The largest absolute Gasteiger partial charge is 0.275 e. The molecule has 0 unspecified atom stereocenters. The van der Waals surface area contributed by atoms with Gasteiger partial charge in [0, 0.05) is 0 Å². The third-order valence-electron chi connectivity index (χ3n) is 1.46. The number of benzene rings is 1.